The van der Waals surface area contributed by atoms with Gasteiger partial charge in [-0.15, -0.1) is 0 Å². The lowest BCUT2D eigenvalue weighted by molar-refractivity contribution is -0.170. The van der Waals surface area contributed by atoms with Gasteiger partial charge < -0.3 is 19.3 Å². The molecule has 0 radical (unpaired) electrons. The molecule has 146 valence electrons. The monoisotopic (exact) mass is 392 g/mol. The van der Waals surface area contributed by atoms with Crippen LogP contribution in [0.5, 0.6) is 5.75 Å². The van der Waals surface area contributed by atoms with Gasteiger partial charge in [-0.05, 0) is 50.3 Å². The third kappa shape index (κ3) is 3.41. The number of methoxy groups -OCH3 is 1. The third-order valence-corrected chi connectivity index (χ3v) is 6.25. The van der Waals surface area contributed by atoms with Gasteiger partial charge in [-0.2, -0.15) is 0 Å². The van der Waals surface area contributed by atoms with Crippen LogP contribution in [-0.4, -0.2) is 66.6 Å². The minimum absolute atomic E-state index is 0.0384. The number of amides is 2. The van der Waals surface area contributed by atoms with Crippen molar-refractivity contribution >= 4 is 23.4 Å². The van der Waals surface area contributed by atoms with E-state index in [0.717, 1.165) is 25.7 Å². The Balaban J connectivity index is 1.52. The van der Waals surface area contributed by atoms with E-state index in [4.69, 9.17) is 21.1 Å². The van der Waals surface area contributed by atoms with E-state index in [-0.39, 0.29) is 17.4 Å². The van der Waals surface area contributed by atoms with Crippen molar-refractivity contribution in [3.8, 4) is 5.75 Å². The summed E-state index contributed by atoms with van der Waals surface area (Å²) in [5.74, 6) is 0.315. The molecule has 1 aliphatic carbocycles. The summed E-state index contributed by atoms with van der Waals surface area (Å²) in [6.45, 7) is 2.39. The molecule has 7 heteroatoms. The highest BCUT2D eigenvalue weighted by molar-refractivity contribution is 6.31. The van der Waals surface area contributed by atoms with Gasteiger partial charge in [-0.1, -0.05) is 11.6 Å². The Labute approximate surface area is 164 Å². The van der Waals surface area contributed by atoms with Crippen LogP contribution >= 0.6 is 11.6 Å². The number of nitrogens with zero attached hydrogens (tertiary/aromatic N) is 2. The topological polar surface area (TPSA) is 59.1 Å². The maximum absolute atomic E-state index is 13.2. The van der Waals surface area contributed by atoms with Crippen molar-refractivity contribution in [1.82, 2.24) is 9.80 Å². The molecule has 0 aromatic heterocycles. The molecule has 2 aliphatic heterocycles. The van der Waals surface area contributed by atoms with E-state index >= 15 is 0 Å². The van der Waals surface area contributed by atoms with E-state index in [1.165, 1.54) is 7.11 Å². The first-order valence-corrected chi connectivity index (χ1v) is 9.98. The van der Waals surface area contributed by atoms with Crippen LogP contribution in [0.4, 0.5) is 0 Å². The van der Waals surface area contributed by atoms with E-state index < -0.39 is 6.04 Å². The van der Waals surface area contributed by atoms with Gasteiger partial charge in [0.05, 0.1) is 24.9 Å². The van der Waals surface area contributed by atoms with Crippen LogP contribution in [0.25, 0.3) is 0 Å². The van der Waals surface area contributed by atoms with Gasteiger partial charge in [0.1, 0.15) is 11.8 Å². The zero-order valence-corrected chi connectivity index (χ0v) is 16.3. The lowest BCUT2D eigenvalue weighted by atomic mass is 9.78. The Morgan fingerprint density at radius 1 is 1.26 bits per heavy atom. The summed E-state index contributed by atoms with van der Waals surface area (Å²) in [7, 11) is 1.53. The molecule has 6 nitrogen and oxygen atoms in total. The number of carbonyl (C=O) groups excluding carboxylic acids is 2. The standard InChI is InChI=1S/C20H25ClN2O4/c1-26-17-6-5-14(21)12-15(17)18(24)23-9-2-4-16(23)19(25)22-10-11-27-20(13-22)7-3-8-20/h5-6,12,16H,2-4,7-11,13H2,1H3. The fourth-order valence-corrected chi connectivity index (χ4v) is 4.56. The molecule has 2 saturated heterocycles. The summed E-state index contributed by atoms with van der Waals surface area (Å²) in [6, 6.07) is 4.57. The number of carbonyl (C=O) groups is 2. The van der Waals surface area contributed by atoms with Crippen LogP contribution in [0.1, 0.15) is 42.5 Å². The second kappa shape index (κ2) is 7.32. The number of hydrogen-bond acceptors (Lipinski definition) is 4. The second-order valence-electron chi connectivity index (χ2n) is 7.65. The lowest BCUT2D eigenvalue weighted by Gasteiger charge is -2.49. The van der Waals surface area contributed by atoms with Gasteiger partial charge in [0.15, 0.2) is 0 Å². The van der Waals surface area contributed by atoms with E-state index in [9.17, 15) is 9.59 Å². The molecule has 1 saturated carbocycles. The molecular weight excluding hydrogens is 368 g/mol. The van der Waals surface area contributed by atoms with Crippen molar-refractivity contribution in [3.05, 3.63) is 28.8 Å². The normalized spacial score (nSPS) is 24.0. The zero-order chi connectivity index (χ0) is 19.0. The maximum atomic E-state index is 13.2. The molecule has 3 fully saturated rings. The Hall–Kier alpha value is -1.79. The number of morpholine rings is 1. The molecule has 2 amide bonds. The van der Waals surface area contributed by atoms with Crippen molar-refractivity contribution in [2.24, 2.45) is 0 Å². The van der Waals surface area contributed by atoms with E-state index in [2.05, 4.69) is 0 Å². The van der Waals surface area contributed by atoms with E-state index in [1.54, 1.807) is 23.1 Å². The predicted molar refractivity (Wildman–Crippen MR) is 101 cm³/mol. The smallest absolute Gasteiger partial charge is 0.258 e. The Bertz CT molecular complexity index is 749. The SMILES string of the molecule is COc1ccc(Cl)cc1C(=O)N1CCCC1C(=O)N1CCOC2(CCC2)C1. The molecule has 1 aromatic carbocycles. The molecule has 1 aromatic rings. The first-order valence-electron chi connectivity index (χ1n) is 9.60. The fraction of sp³-hybridized carbons (Fsp3) is 0.600. The molecule has 3 aliphatic rings. The number of benzene rings is 1. The lowest BCUT2D eigenvalue weighted by Crippen LogP contribution is -2.60. The number of rotatable bonds is 3. The second-order valence-corrected chi connectivity index (χ2v) is 8.08. The van der Waals surface area contributed by atoms with Crippen molar-refractivity contribution in [1.29, 1.82) is 0 Å². The first-order chi connectivity index (χ1) is 13.0. The van der Waals surface area contributed by atoms with Crippen molar-refractivity contribution in [2.75, 3.05) is 33.4 Å². The van der Waals surface area contributed by atoms with Crippen LogP contribution in [0.2, 0.25) is 5.02 Å². The van der Waals surface area contributed by atoms with E-state index in [1.807, 2.05) is 4.90 Å². The summed E-state index contributed by atoms with van der Waals surface area (Å²) < 4.78 is 11.3. The summed E-state index contributed by atoms with van der Waals surface area (Å²) in [4.78, 5) is 30.0. The zero-order valence-electron chi connectivity index (χ0n) is 15.6. The highest BCUT2D eigenvalue weighted by Crippen LogP contribution is 2.38. The summed E-state index contributed by atoms with van der Waals surface area (Å²) in [5, 5.41) is 0.473. The van der Waals surface area contributed by atoms with Crippen LogP contribution in [-0.2, 0) is 9.53 Å². The predicted octanol–water partition coefficient (Wildman–Crippen LogP) is 2.73. The minimum Gasteiger partial charge on any atom is -0.496 e. The van der Waals surface area contributed by atoms with Gasteiger partial charge in [-0.25, -0.2) is 0 Å². The van der Waals surface area contributed by atoms with Crippen molar-refractivity contribution < 1.29 is 19.1 Å². The van der Waals surface area contributed by atoms with Gasteiger partial charge >= 0.3 is 0 Å². The van der Waals surface area contributed by atoms with Crippen LogP contribution in [0.3, 0.4) is 0 Å². The Morgan fingerprint density at radius 2 is 2.07 bits per heavy atom. The number of halogens is 1. The molecule has 0 N–H and O–H groups in total. The average Bonchev–Trinajstić information content (AvgIpc) is 3.15. The molecular formula is C20H25ClN2O4. The molecule has 2 heterocycles. The molecule has 1 spiro atoms. The van der Waals surface area contributed by atoms with E-state index in [0.29, 0.717) is 49.0 Å². The van der Waals surface area contributed by atoms with Crippen molar-refractivity contribution in [2.45, 2.75) is 43.7 Å². The average molecular weight is 393 g/mol. The van der Waals surface area contributed by atoms with Crippen LogP contribution < -0.4 is 4.74 Å². The maximum Gasteiger partial charge on any atom is 0.258 e. The Morgan fingerprint density at radius 3 is 2.78 bits per heavy atom. The Kier molecular flexibility index (Phi) is 5.03. The highest BCUT2D eigenvalue weighted by Gasteiger charge is 2.46. The number of hydrogen-bond donors (Lipinski definition) is 0. The summed E-state index contributed by atoms with van der Waals surface area (Å²) in [6.07, 6.45) is 4.70. The molecule has 1 unspecified atom stereocenters. The highest BCUT2D eigenvalue weighted by atomic mass is 35.5. The van der Waals surface area contributed by atoms with Gasteiger partial charge in [-0.3, -0.25) is 9.59 Å². The summed E-state index contributed by atoms with van der Waals surface area (Å²) in [5.41, 5.74) is 0.263. The minimum atomic E-state index is -0.420. The largest absolute Gasteiger partial charge is 0.496 e. The van der Waals surface area contributed by atoms with Gasteiger partial charge in [0, 0.05) is 24.7 Å². The number of ether oxygens (including phenoxy) is 2. The first kappa shape index (κ1) is 18.6. The van der Waals surface area contributed by atoms with Gasteiger partial charge in [0.2, 0.25) is 5.91 Å². The third-order valence-electron chi connectivity index (χ3n) is 6.02. The molecule has 1 atom stereocenters. The molecule has 0 bridgehead atoms. The van der Waals surface area contributed by atoms with Crippen LogP contribution in [0.15, 0.2) is 18.2 Å². The van der Waals surface area contributed by atoms with Crippen molar-refractivity contribution in [3.63, 3.8) is 0 Å². The fourth-order valence-electron chi connectivity index (χ4n) is 4.39. The van der Waals surface area contributed by atoms with Gasteiger partial charge in [0.25, 0.3) is 5.91 Å². The molecule has 27 heavy (non-hydrogen) atoms. The summed E-state index contributed by atoms with van der Waals surface area (Å²) >= 11 is 6.08. The molecule has 4 rings (SSSR count). The van der Waals surface area contributed by atoms with Crippen LogP contribution in [0, 0.1) is 0 Å². The quantitative estimate of drug-likeness (QED) is 0.793. The number of likely N-dealkylation sites (tertiary alicyclic amines) is 1.